The number of alkyl halides is 2. The third-order valence-corrected chi connectivity index (χ3v) is 4.24. The first-order valence-corrected chi connectivity index (χ1v) is 6.78. The molecule has 0 N–H and O–H groups in total. The van der Waals surface area contributed by atoms with Gasteiger partial charge in [-0.25, -0.2) is 13.8 Å². The average Bonchev–Trinajstić information content (AvgIpc) is 2.52. The van der Waals surface area contributed by atoms with Gasteiger partial charge in [-0.15, -0.1) is 0 Å². The Hall–Kier alpha value is -1.10. The summed E-state index contributed by atoms with van der Waals surface area (Å²) in [6, 6.07) is 0.0777. The minimum atomic E-state index is -2.66. The molecule has 1 aromatic heterocycles. The minimum Gasteiger partial charge on any atom is -0.489 e. The van der Waals surface area contributed by atoms with Gasteiger partial charge >= 0.3 is 0 Å². The number of aromatic nitrogens is 1. The number of hydrogen-bond donors (Lipinski definition) is 0. The Balaban J connectivity index is 2.05. The summed E-state index contributed by atoms with van der Waals surface area (Å²) in [4.78, 5) is 5.91. The molecule has 0 amide bonds. The van der Waals surface area contributed by atoms with E-state index in [4.69, 9.17) is 16.3 Å². The maximum Gasteiger partial charge on any atom is 0.265 e. The second-order valence-corrected chi connectivity index (χ2v) is 5.60. The van der Waals surface area contributed by atoms with E-state index in [2.05, 4.69) is 4.98 Å². The van der Waals surface area contributed by atoms with E-state index >= 15 is 0 Å². The average molecular weight is 289 g/mol. The maximum atomic E-state index is 13.6. The van der Waals surface area contributed by atoms with Crippen molar-refractivity contribution in [1.29, 1.82) is 0 Å². The number of anilines is 1. The first-order valence-electron chi connectivity index (χ1n) is 6.40. The topological polar surface area (TPSA) is 25.4 Å². The van der Waals surface area contributed by atoms with Crippen LogP contribution in [0.2, 0.25) is 5.02 Å². The van der Waals surface area contributed by atoms with E-state index in [9.17, 15) is 8.78 Å². The van der Waals surface area contributed by atoms with E-state index in [1.54, 1.807) is 4.90 Å². The lowest BCUT2D eigenvalue weighted by atomic mass is 9.97. The van der Waals surface area contributed by atoms with Crippen LogP contribution in [0.15, 0.2) is 6.20 Å². The first kappa shape index (κ1) is 12.9. The highest BCUT2D eigenvalue weighted by Gasteiger charge is 2.42. The number of nitrogens with zero attached hydrogens (tertiary/aromatic N) is 2. The van der Waals surface area contributed by atoms with Crippen LogP contribution in [-0.4, -0.2) is 30.1 Å². The summed E-state index contributed by atoms with van der Waals surface area (Å²) in [6.07, 6.45) is 2.66. The summed E-state index contributed by atoms with van der Waals surface area (Å²) >= 11 is 6.02. The molecule has 1 fully saturated rings. The molecule has 19 heavy (non-hydrogen) atoms. The van der Waals surface area contributed by atoms with Gasteiger partial charge in [0.2, 0.25) is 0 Å². The predicted octanol–water partition coefficient (Wildman–Crippen LogP) is 3.43. The summed E-state index contributed by atoms with van der Waals surface area (Å²) in [5.74, 6) is -1.61. The molecule has 1 saturated heterocycles. The molecule has 0 radical (unpaired) electrons. The fourth-order valence-corrected chi connectivity index (χ4v) is 2.90. The monoisotopic (exact) mass is 288 g/mol. The van der Waals surface area contributed by atoms with E-state index in [1.807, 2.05) is 6.92 Å². The molecule has 0 saturated carbocycles. The smallest absolute Gasteiger partial charge is 0.265 e. The van der Waals surface area contributed by atoms with Crippen molar-refractivity contribution in [3.8, 4) is 5.75 Å². The van der Waals surface area contributed by atoms with Crippen LogP contribution in [0.5, 0.6) is 5.75 Å². The van der Waals surface area contributed by atoms with E-state index in [0.717, 1.165) is 12.0 Å². The van der Waals surface area contributed by atoms with Crippen molar-refractivity contribution in [1.82, 2.24) is 4.98 Å². The fraction of sp³-hybridized carbons (Fsp3) is 0.615. The van der Waals surface area contributed by atoms with Crippen molar-refractivity contribution >= 4 is 17.4 Å². The molecule has 0 bridgehead atoms. The Kier molecular flexibility index (Phi) is 3.04. The van der Waals surface area contributed by atoms with Gasteiger partial charge in [0.1, 0.15) is 0 Å². The number of ether oxygens (including phenoxy) is 1. The number of pyridine rings is 1. The first-order chi connectivity index (χ1) is 8.98. The van der Waals surface area contributed by atoms with Crippen LogP contribution in [0.4, 0.5) is 14.6 Å². The summed E-state index contributed by atoms with van der Waals surface area (Å²) in [5, 5.41) is 0.501. The molecule has 1 unspecified atom stereocenters. The zero-order valence-electron chi connectivity index (χ0n) is 10.6. The van der Waals surface area contributed by atoms with Crippen LogP contribution in [-0.2, 0) is 0 Å². The van der Waals surface area contributed by atoms with Gasteiger partial charge in [0.15, 0.2) is 11.6 Å². The van der Waals surface area contributed by atoms with Crippen molar-refractivity contribution in [3.63, 3.8) is 0 Å². The zero-order chi connectivity index (χ0) is 13.6. The third kappa shape index (κ3) is 2.24. The molecule has 6 heteroatoms. The largest absolute Gasteiger partial charge is 0.489 e. The highest BCUT2D eigenvalue weighted by atomic mass is 35.5. The second kappa shape index (κ2) is 4.47. The zero-order valence-corrected chi connectivity index (χ0v) is 11.4. The number of fused-ring (bicyclic) bond motifs is 3. The standard InChI is InChI=1S/C13H15ClF2N2O/c1-8-10(14)6-17-12-11(8)19-5-3-9-2-4-13(15,16)7-18(9)12/h6,9H,2-5,7H2,1H3. The van der Waals surface area contributed by atoms with Crippen LogP contribution in [0.25, 0.3) is 0 Å². The molecular formula is C13H15ClF2N2O. The van der Waals surface area contributed by atoms with Gasteiger partial charge in [0.25, 0.3) is 5.92 Å². The molecule has 2 aliphatic rings. The number of halogens is 3. The second-order valence-electron chi connectivity index (χ2n) is 5.20. The molecule has 104 valence electrons. The van der Waals surface area contributed by atoms with Gasteiger partial charge in [-0.3, -0.25) is 0 Å². The minimum absolute atomic E-state index is 0.0595. The van der Waals surface area contributed by atoms with E-state index < -0.39 is 5.92 Å². The van der Waals surface area contributed by atoms with Crippen molar-refractivity contribution in [2.45, 2.75) is 38.2 Å². The highest BCUT2D eigenvalue weighted by molar-refractivity contribution is 6.31. The molecule has 0 aliphatic carbocycles. The van der Waals surface area contributed by atoms with Gasteiger partial charge in [-0.1, -0.05) is 11.6 Å². The van der Waals surface area contributed by atoms with Crippen LogP contribution < -0.4 is 9.64 Å². The van der Waals surface area contributed by atoms with Crippen molar-refractivity contribution in [2.75, 3.05) is 18.1 Å². The molecule has 3 heterocycles. The van der Waals surface area contributed by atoms with Gasteiger partial charge in [-0.05, 0) is 13.3 Å². The molecule has 2 aliphatic heterocycles. The molecule has 0 aromatic carbocycles. The van der Waals surface area contributed by atoms with Crippen LogP contribution in [0, 0.1) is 6.92 Å². The lowest BCUT2D eigenvalue weighted by Gasteiger charge is -2.39. The van der Waals surface area contributed by atoms with Crippen LogP contribution in [0.3, 0.4) is 0 Å². The van der Waals surface area contributed by atoms with Gasteiger partial charge in [0.05, 0.1) is 18.2 Å². The van der Waals surface area contributed by atoms with Gasteiger partial charge in [-0.2, -0.15) is 0 Å². The van der Waals surface area contributed by atoms with E-state index in [0.29, 0.717) is 29.6 Å². The molecule has 0 spiro atoms. The Morgan fingerprint density at radius 1 is 1.47 bits per heavy atom. The lowest BCUT2D eigenvalue weighted by molar-refractivity contribution is -0.0195. The van der Waals surface area contributed by atoms with E-state index in [1.165, 1.54) is 6.20 Å². The summed E-state index contributed by atoms with van der Waals surface area (Å²) in [7, 11) is 0. The number of rotatable bonds is 0. The van der Waals surface area contributed by atoms with Crippen molar-refractivity contribution < 1.29 is 13.5 Å². The summed E-state index contributed by atoms with van der Waals surface area (Å²) < 4.78 is 33.0. The predicted molar refractivity (Wildman–Crippen MR) is 69.4 cm³/mol. The molecule has 1 aromatic rings. The Morgan fingerprint density at radius 3 is 3.05 bits per heavy atom. The molecular weight excluding hydrogens is 274 g/mol. The SMILES string of the molecule is Cc1c(Cl)cnc2c1OCCC1CCC(F)(F)CN21. The quantitative estimate of drug-likeness (QED) is 0.731. The normalized spacial score (nSPS) is 25.1. The molecule has 3 nitrogen and oxygen atoms in total. The van der Waals surface area contributed by atoms with Crippen LogP contribution >= 0.6 is 11.6 Å². The Labute approximate surface area is 115 Å². The lowest BCUT2D eigenvalue weighted by Crippen LogP contribution is -2.49. The van der Waals surface area contributed by atoms with Crippen molar-refractivity contribution in [2.24, 2.45) is 0 Å². The van der Waals surface area contributed by atoms with Gasteiger partial charge in [0, 0.05) is 30.6 Å². The Bertz CT molecular complexity index is 510. The van der Waals surface area contributed by atoms with Gasteiger partial charge < -0.3 is 9.64 Å². The molecule has 3 rings (SSSR count). The van der Waals surface area contributed by atoms with Crippen LogP contribution in [0.1, 0.15) is 24.8 Å². The maximum absolute atomic E-state index is 13.6. The Morgan fingerprint density at radius 2 is 2.26 bits per heavy atom. The third-order valence-electron chi connectivity index (χ3n) is 3.86. The fourth-order valence-electron chi connectivity index (χ4n) is 2.76. The van der Waals surface area contributed by atoms with E-state index in [-0.39, 0.29) is 19.0 Å². The molecule has 1 atom stereocenters. The number of hydrogen-bond acceptors (Lipinski definition) is 3. The summed E-state index contributed by atoms with van der Waals surface area (Å²) in [6.45, 7) is 2.05. The summed E-state index contributed by atoms with van der Waals surface area (Å²) in [5.41, 5.74) is 0.765. The van der Waals surface area contributed by atoms with Crippen molar-refractivity contribution in [3.05, 3.63) is 16.8 Å². The number of piperidine rings is 1. The highest BCUT2D eigenvalue weighted by Crippen LogP contribution is 2.42.